The highest BCUT2D eigenvalue weighted by atomic mass is 32.2. The Labute approximate surface area is 177 Å². The van der Waals surface area contributed by atoms with Crippen LogP contribution in [0.5, 0.6) is 0 Å². The molecular weight excluding hydrogens is 406 g/mol. The maximum atomic E-state index is 12.6. The van der Waals surface area contributed by atoms with Crippen LogP contribution < -0.4 is 5.32 Å². The zero-order chi connectivity index (χ0) is 21.2. The van der Waals surface area contributed by atoms with E-state index >= 15 is 0 Å². The van der Waals surface area contributed by atoms with Crippen molar-refractivity contribution in [2.24, 2.45) is 0 Å². The summed E-state index contributed by atoms with van der Waals surface area (Å²) in [6, 6.07) is 8.48. The van der Waals surface area contributed by atoms with E-state index in [1.165, 1.54) is 0 Å². The van der Waals surface area contributed by atoms with Gasteiger partial charge in [-0.2, -0.15) is 0 Å². The molecule has 3 heterocycles. The maximum absolute atomic E-state index is 12.6. The maximum Gasteiger partial charge on any atom is 0.234 e. The monoisotopic (exact) mass is 435 g/mol. The summed E-state index contributed by atoms with van der Waals surface area (Å²) >= 11 is 0. The van der Waals surface area contributed by atoms with Crippen LogP contribution in [0, 0.1) is 0 Å². The summed E-state index contributed by atoms with van der Waals surface area (Å²) in [5.41, 5.74) is -0.130. The van der Waals surface area contributed by atoms with E-state index < -0.39 is 9.84 Å². The summed E-state index contributed by atoms with van der Waals surface area (Å²) in [4.78, 5) is 28.9. The lowest BCUT2D eigenvalue weighted by atomic mass is 9.89. The quantitative estimate of drug-likeness (QED) is 0.721. The largest absolute Gasteiger partial charge is 0.379 e. The number of rotatable bonds is 5. The number of piperazine rings is 1. The minimum atomic E-state index is -3.46. The van der Waals surface area contributed by atoms with Crippen molar-refractivity contribution in [1.29, 1.82) is 0 Å². The molecule has 1 N–H and O–H groups in total. The molecule has 9 heteroatoms. The van der Waals surface area contributed by atoms with Gasteiger partial charge >= 0.3 is 0 Å². The van der Waals surface area contributed by atoms with Gasteiger partial charge in [-0.1, -0.05) is 18.2 Å². The van der Waals surface area contributed by atoms with E-state index in [1.807, 2.05) is 0 Å². The Kier molecular flexibility index (Phi) is 6.13. The molecule has 3 fully saturated rings. The van der Waals surface area contributed by atoms with Crippen LogP contribution in [0.4, 0.5) is 0 Å². The molecule has 3 saturated heterocycles. The first-order valence-electron chi connectivity index (χ1n) is 10.6. The molecule has 1 aromatic rings. The van der Waals surface area contributed by atoms with Gasteiger partial charge in [-0.05, 0) is 31.4 Å². The third kappa shape index (κ3) is 4.38. The first kappa shape index (κ1) is 21.3. The number of nitrogens with one attached hydrogen (secondary N) is 1. The van der Waals surface area contributed by atoms with E-state index in [9.17, 15) is 18.0 Å². The molecule has 8 nitrogen and oxygen atoms in total. The molecule has 4 rings (SSSR count). The van der Waals surface area contributed by atoms with Crippen molar-refractivity contribution in [3.63, 3.8) is 0 Å². The van der Waals surface area contributed by atoms with Gasteiger partial charge in [0.05, 0.1) is 29.3 Å². The van der Waals surface area contributed by atoms with Crippen LogP contribution in [-0.2, 0) is 24.2 Å². The first-order valence-corrected chi connectivity index (χ1v) is 12.2. The summed E-state index contributed by atoms with van der Waals surface area (Å²) in [5, 5.41) is 2.97. The van der Waals surface area contributed by atoms with Crippen molar-refractivity contribution in [1.82, 2.24) is 15.1 Å². The number of hydrogen-bond donors (Lipinski definition) is 1. The second-order valence-corrected chi connectivity index (χ2v) is 10.5. The van der Waals surface area contributed by atoms with Crippen molar-refractivity contribution in [2.45, 2.75) is 42.2 Å². The number of nitrogens with zero attached hydrogens (tertiary/aromatic N) is 2. The van der Waals surface area contributed by atoms with Gasteiger partial charge in [-0.3, -0.25) is 14.5 Å². The van der Waals surface area contributed by atoms with Gasteiger partial charge in [0.15, 0.2) is 9.84 Å². The SMILES string of the molecule is O=C1CN(C2CCN(C(=O)CCS(=O)(=O)c3ccccc3)CC2)C2(CCOC2)CN1. The predicted octanol–water partition coefficient (Wildman–Crippen LogP) is 0.432. The van der Waals surface area contributed by atoms with Crippen LogP contribution in [-0.4, -0.2) is 86.8 Å². The molecule has 1 unspecified atom stereocenters. The fraction of sp³-hybridized carbons (Fsp3) is 0.619. The second-order valence-electron chi connectivity index (χ2n) is 8.43. The number of likely N-dealkylation sites (tertiary alicyclic amines) is 1. The normalized spacial score (nSPS) is 26.1. The molecule has 0 saturated carbocycles. The van der Waals surface area contributed by atoms with Gasteiger partial charge < -0.3 is 15.0 Å². The Balaban J connectivity index is 1.32. The van der Waals surface area contributed by atoms with Crippen molar-refractivity contribution < 1.29 is 22.7 Å². The highest BCUT2D eigenvalue weighted by Crippen LogP contribution is 2.33. The average Bonchev–Trinajstić information content (AvgIpc) is 3.24. The lowest BCUT2D eigenvalue weighted by Crippen LogP contribution is -2.67. The van der Waals surface area contributed by atoms with Crippen LogP contribution in [0.3, 0.4) is 0 Å². The number of piperidine rings is 1. The van der Waals surface area contributed by atoms with Crippen LogP contribution in [0.15, 0.2) is 35.2 Å². The third-order valence-corrected chi connectivity index (χ3v) is 8.30. The molecule has 1 spiro atoms. The van der Waals surface area contributed by atoms with Crippen LogP contribution in [0.1, 0.15) is 25.7 Å². The van der Waals surface area contributed by atoms with E-state index in [-0.39, 0.29) is 40.5 Å². The minimum Gasteiger partial charge on any atom is -0.379 e. The van der Waals surface area contributed by atoms with E-state index in [4.69, 9.17) is 4.74 Å². The van der Waals surface area contributed by atoms with Gasteiger partial charge in [0.1, 0.15) is 0 Å². The van der Waals surface area contributed by atoms with Crippen molar-refractivity contribution in [3.05, 3.63) is 30.3 Å². The Morgan fingerprint density at radius 2 is 1.93 bits per heavy atom. The topological polar surface area (TPSA) is 96.0 Å². The van der Waals surface area contributed by atoms with Crippen LogP contribution in [0.25, 0.3) is 0 Å². The zero-order valence-corrected chi connectivity index (χ0v) is 17.9. The Hall–Kier alpha value is -1.97. The smallest absolute Gasteiger partial charge is 0.234 e. The van der Waals surface area contributed by atoms with Crippen molar-refractivity contribution in [3.8, 4) is 0 Å². The summed E-state index contributed by atoms with van der Waals surface area (Å²) in [5.74, 6) is -0.261. The van der Waals surface area contributed by atoms with Gasteiger partial charge in [-0.25, -0.2) is 8.42 Å². The Morgan fingerprint density at radius 3 is 2.60 bits per heavy atom. The molecule has 1 atom stereocenters. The van der Waals surface area contributed by atoms with Gasteiger partial charge in [0.25, 0.3) is 0 Å². The van der Waals surface area contributed by atoms with Crippen molar-refractivity contribution >= 4 is 21.7 Å². The predicted molar refractivity (Wildman–Crippen MR) is 111 cm³/mol. The highest BCUT2D eigenvalue weighted by Gasteiger charge is 2.47. The van der Waals surface area contributed by atoms with Gasteiger partial charge in [0.2, 0.25) is 11.8 Å². The molecule has 30 heavy (non-hydrogen) atoms. The summed E-state index contributed by atoms with van der Waals surface area (Å²) in [7, 11) is -3.46. The molecule has 0 bridgehead atoms. The summed E-state index contributed by atoms with van der Waals surface area (Å²) < 4.78 is 30.5. The van der Waals surface area contributed by atoms with E-state index in [0.29, 0.717) is 39.4 Å². The second kappa shape index (κ2) is 8.64. The minimum absolute atomic E-state index is 0.00814. The standard InChI is InChI=1S/C21H29N3O5S/c25-19-14-24(21(15-22-19)9-12-29-16-21)17-6-10-23(11-7-17)20(26)8-13-30(27,28)18-4-2-1-3-5-18/h1-5,17H,6-16H2,(H,22,25). The number of amides is 2. The van der Waals surface area contributed by atoms with Gasteiger partial charge in [0, 0.05) is 38.7 Å². The van der Waals surface area contributed by atoms with E-state index in [2.05, 4.69) is 10.2 Å². The Morgan fingerprint density at radius 1 is 1.20 bits per heavy atom. The number of ether oxygens (including phenoxy) is 1. The fourth-order valence-corrected chi connectivity index (χ4v) is 6.03. The number of sulfone groups is 1. The molecule has 1 aromatic carbocycles. The molecule has 0 radical (unpaired) electrons. The van der Waals surface area contributed by atoms with Crippen molar-refractivity contribution in [2.75, 3.05) is 45.1 Å². The molecule has 0 aromatic heterocycles. The average molecular weight is 436 g/mol. The lowest BCUT2D eigenvalue weighted by Gasteiger charge is -2.49. The Bertz CT molecular complexity index is 875. The number of benzene rings is 1. The summed E-state index contributed by atoms with van der Waals surface area (Å²) in [6.45, 7) is 3.50. The third-order valence-electron chi connectivity index (χ3n) is 6.57. The number of carbonyl (C=O) groups excluding carboxylic acids is 2. The molecule has 3 aliphatic rings. The summed E-state index contributed by atoms with van der Waals surface area (Å²) in [6.07, 6.45) is 2.47. The zero-order valence-electron chi connectivity index (χ0n) is 17.1. The molecule has 3 aliphatic heterocycles. The van der Waals surface area contributed by atoms with E-state index in [1.54, 1.807) is 35.2 Å². The number of hydrogen-bond acceptors (Lipinski definition) is 6. The molecule has 0 aliphatic carbocycles. The molecular formula is C21H29N3O5S. The molecule has 2 amide bonds. The van der Waals surface area contributed by atoms with Crippen LogP contribution in [0.2, 0.25) is 0 Å². The first-order chi connectivity index (χ1) is 14.4. The van der Waals surface area contributed by atoms with E-state index in [0.717, 1.165) is 19.3 Å². The number of carbonyl (C=O) groups is 2. The fourth-order valence-electron chi connectivity index (χ4n) is 4.77. The lowest BCUT2D eigenvalue weighted by molar-refractivity contribution is -0.136. The molecule has 164 valence electrons. The highest BCUT2D eigenvalue weighted by molar-refractivity contribution is 7.91. The van der Waals surface area contributed by atoms with Gasteiger partial charge in [-0.15, -0.1) is 0 Å². The van der Waals surface area contributed by atoms with Crippen LogP contribution >= 0.6 is 0 Å².